The Morgan fingerprint density at radius 3 is 2.44 bits per heavy atom. The van der Waals surface area contributed by atoms with Gasteiger partial charge in [-0.15, -0.1) is 0 Å². The van der Waals surface area contributed by atoms with Crippen LogP contribution in [0.15, 0.2) is 50.4 Å². The number of carbonyl (C=O) groups excluding carboxylic acids is 2. The number of nitrogens with zero attached hydrogens (tertiary/aromatic N) is 1. The minimum atomic E-state index is -0.528. The molecule has 6 nitrogen and oxygen atoms in total. The molecule has 0 aromatic heterocycles. The zero-order valence-electron chi connectivity index (χ0n) is 13.2. The smallest absolute Gasteiger partial charge is 0.249 e. The second-order valence-corrected chi connectivity index (χ2v) is 6.87. The maximum Gasteiger partial charge on any atom is 0.249 e. The highest BCUT2D eigenvalue weighted by atomic mass is 79.9. The number of para-hydroxylation sites is 1. The highest BCUT2D eigenvalue weighted by molar-refractivity contribution is 9.11. The van der Waals surface area contributed by atoms with Crippen LogP contribution in [-0.2, 0) is 9.59 Å². The van der Waals surface area contributed by atoms with Crippen LogP contribution in [0.4, 0.5) is 5.69 Å². The van der Waals surface area contributed by atoms with Crippen LogP contribution in [0.5, 0.6) is 5.75 Å². The molecule has 0 unspecified atom stereocenters. The maximum absolute atomic E-state index is 11.9. The van der Waals surface area contributed by atoms with E-state index < -0.39 is 11.8 Å². The Hall–Kier alpha value is -2.19. The third-order valence-electron chi connectivity index (χ3n) is 3.18. The number of rotatable bonds is 5. The average molecular weight is 469 g/mol. The van der Waals surface area contributed by atoms with Crippen molar-refractivity contribution in [2.75, 3.05) is 5.32 Å². The van der Waals surface area contributed by atoms with Gasteiger partial charge in [-0.25, -0.2) is 5.43 Å². The molecular formula is C17H15Br2N3O3. The zero-order chi connectivity index (χ0) is 18.4. The predicted octanol–water partition coefficient (Wildman–Crippen LogP) is 3.70. The SMILES string of the molecule is Cc1ccccc1NC(=O)CC(=O)N/N=C/c1cc(Br)c(O)c(Br)c1. The summed E-state index contributed by atoms with van der Waals surface area (Å²) in [5.41, 5.74) is 4.53. The maximum atomic E-state index is 11.9. The van der Waals surface area contributed by atoms with E-state index in [1.807, 2.05) is 19.1 Å². The number of hydrazone groups is 1. The highest BCUT2D eigenvalue weighted by Crippen LogP contribution is 2.32. The minimum Gasteiger partial charge on any atom is -0.506 e. The minimum absolute atomic E-state index is 0.0778. The molecule has 2 aromatic rings. The molecule has 0 heterocycles. The Labute approximate surface area is 161 Å². The van der Waals surface area contributed by atoms with Gasteiger partial charge >= 0.3 is 0 Å². The molecule has 3 N–H and O–H groups in total. The molecule has 2 rings (SSSR count). The number of aryl methyl sites for hydroxylation is 1. The van der Waals surface area contributed by atoms with Gasteiger partial charge in [-0.2, -0.15) is 5.10 Å². The van der Waals surface area contributed by atoms with Gasteiger partial charge in [0.05, 0.1) is 15.2 Å². The van der Waals surface area contributed by atoms with Crippen molar-refractivity contribution in [3.8, 4) is 5.75 Å². The number of carbonyl (C=O) groups is 2. The first-order valence-corrected chi connectivity index (χ1v) is 8.81. The van der Waals surface area contributed by atoms with Gasteiger partial charge in [-0.05, 0) is 68.1 Å². The quantitative estimate of drug-likeness (QED) is 0.355. The normalized spacial score (nSPS) is 10.7. The summed E-state index contributed by atoms with van der Waals surface area (Å²) in [6.45, 7) is 1.87. The fourth-order valence-electron chi connectivity index (χ4n) is 1.93. The van der Waals surface area contributed by atoms with E-state index in [9.17, 15) is 14.7 Å². The van der Waals surface area contributed by atoms with Crippen molar-refractivity contribution in [3.05, 3.63) is 56.5 Å². The van der Waals surface area contributed by atoms with Gasteiger partial charge in [0.2, 0.25) is 11.8 Å². The van der Waals surface area contributed by atoms with Crippen molar-refractivity contribution in [2.24, 2.45) is 5.10 Å². The molecule has 0 fully saturated rings. The van der Waals surface area contributed by atoms with Gasteiger partial charge in [0.1, 0.15) is 12.2 Å². The number of nitrogens with one attached hydrogen (secondary N) is 2. The first-order valence-electron chi connectivity index (χ1n) is 7.22. The number of halogens is 2. The topological polar surface area (TPSA) is 90.8 Å². The summed E-state index contributed by atoms with van der Waals surface area (Å²) in [5.74, 6) is -0.870. The Bertz CT molecular complexity index is 815. The Morgan fingerprint density at radius 2 is 1.80 bits per heavy atom. The summed E-state index contributed by atoms with van der Waals surface area (Å²) in [5, 5.41) is 16.1. The molecule has 2 aromatic carbocycles. The van der Waals surface area contributed by atoms with Gasteiger partial charge in [0.25, 0.3) is 0 Å². The van der Waals surface area contributed by atoms with Crippen molar-refractivity contribution < 1.29 is 14.7 Å². The average Bonchev–Trinajstić information content (AvgIpc) is 2.54. The molecule has 25 heavy (non-hydrogen) atoms. The van der Waals surface area contributed by atoms with Crippen LogP contribution in [0.3, 0.4) is 0 Å². The number of amides is 2. The molecule has 8 heteroatoms. The second kappa shape index (κ2) is 8.77. The molecule has 0 radical (unpaired) electrons. The number of aromatic hydroxyl groups is 1. The van der Waals surface area contributed by atoms with Crippen molar-refractivity contribution in [1.29, 1.82) is 0 Å². The Kier molecular flexibility index (Phi) is 6.72. The lowest BCUT2D eigenvalue weighted by atomic mass is 10.2. The summed E-state index contributed by atoms with van der Waals surface area (Å²) < 4.78 is 0.986. The molecule has 0 spiro atoms. The summed E-state index contributed by atoms with van der Waals surface area (Å²) >= 11 is 6.41. The molecule has 2 amide bonds. The molecule has 0 saturated carbocycles. The van der Waals surface area contributed by atoms with Gasteiger partial charge in [-0.3, -0.25) is 9.59 Å². The van der Waals surface area contributed by atoms with Crippen LogP contribution in [0.25, 0.3) is 0 Å². The molecular weight excluding hydrogens is 454 g/mol. The molecule has 130 valence electrons. The van der Waals surface area contributed by atoms with Crippen LogP contribution in [0.1, 0.15) is 17.5 Å². The number of anilines is 1. The molecule has 0 saturated heterocycles. The van der Waals surface area contributed by atoms with Crippen molar-refractivity contribution >= 4 is 55.6 Å². The number of hydrogen-bond acceptors (Lipinski definition) is 4. The van der Waals surface area contributed by atoms with Crippen LogP contribution in [0, 0.1) is 6.92 Å². The molecule has 0 atom stereocenters. The van der Waals surface area contributed by atoms with Gasteiger partial charge < -0.3 is 10.4 Å². The van der Waals surface area contributed by atoms with E-state index in [4.69, 9.17) is 0 Å². The van der Waals surface area contributed by atoms with E-state index in [1.165, 1.54) is 6.21 Å². The van der Waals surface area contributed by atoms with E-state index >= 15 is 0 Å². The van der Waals surface area contributed by atoms with Crippen LogP contribution in [0.2, 0.25) is 0 Å². The van der Waals surface area contributed by atoms with E-state index in [0.29, 0.717) is 20.2 Å². The number of phenols is 1. The lowest BCUT2D eigenvalue weighted by molar-refractivity contribution is -0.126. The summed E-state index contributed by atoms with van der Waals surface area (Å²) in [6.07, 6.45) is 1.07. The van der Waals surface area contributed by atoms with Gasteiger partial charge in [-0.1, -0.05) is 18.2 Å². The second-order valence-electron chi connectivity index (χ2n) is 5.17. The number of hydrogen-bond donors (Lipinski definition) is 3. The molecule has 0 aliphatic rings. The lowest BCUT2D eigenvalue weighted by Crippen LogP contribution is -2.24. The number of phenolic OH excluding ortho intramolecular Hbond substituents is 1. The largest absolute Gasteiger partial charge is 0.506 e. The van der Waals surface area contributed by atoms with E-state index in [0.717, 1.165) is 5.56 Å². The summed E-state index contributed by atoms with van der Waals surface area (Å²) in [4.78, 5) is 23.6. The first kappa shape index (κ1) is 19.1. The third-order valence-corrected chi connectivity index (χ3v) is 4.39. The zero-order valence-corrected chi connectivity index (χ0v) is 16.4. The predicted molar refractivity (Wildman–Crippen MR) is 104 cm³/mol. The van der Waals surface area contributed by atoms with Gasteiger partial charge in [0.15, 0.2) is 0 Å². The summed E-state index contributed by atoms with van der Waals surface area (Å²) in [7, 11) is 0. The van der Waals surface area contributed by atoms with E-state index in [1.54, 1.807) is 24.3 Å². The van der Waals surface area contributed by atoms with Gasteiger partial charge in [0, 0.05) is 5.69 Å². The standard InChI is InChI=1S/C17H15Br2N3O3/c1-10-4-2-3-5-14(10)21-15(23)8-16(24)22-20-9-11-6-12(18)17(25)13(19)7-11/h2-7,9,25H,8H2,1H3,(H,21,23)(H,22,24)/b20-9+. The molecule has 0 aliphatic heterocycles. The van der Waals surface area contributed by atoms with E-state index in [2.05, 4.69) is 47.7 Å². The number of benzene rings is 2. The molecule has 0 bridgehead atoms. The summed E-state index contributed by atoms with van der Waals surface area (Å²) in [6, 6.07) is 10.6. The third kappa shape index (κ3) is 5.68. The van der Waals surface area contributed by atoms with Crippen LogP contribution < -0.4 is 10.7 Å². The highest BCUT2D eigenvalue weighted by Gasteiger charge is 2.10. The lowest BCUT2D eigenvalue weighted by Gasteiger charge is -2.07. The van der Waals surface area contributed by atoms with Crippen molar-refractivity contribution in [2.45, 2.75) is 13.3 Å². The van der Waals surface area contributed by atoms with Crippen LogP contribution >= 0.6 is 31.9 Å². The fraction of sp³-hybridized carbons (Fsp3) is 0.118. The van der Waals surface area contributed by atoms with Crippen molar-refractivity contribution in [3.63, 3.8) is 0 Å². The van der Waals surface area contributed by atoms with E-state index in [-0.39, 0.29) is 12.2 Å². The Morgan fingerprint density at radius 1 is 1.16 bits per heavy atom. The molecule has 0 aliphatic carbocycles. The fourth-order valence-corrected chi connectivity index (χ4v) is 3.15. The Balaban J connectivity index is 1.88. The monoisotopic (exact) mass is 467 g/mol. The first-order chi connectivity index (χ1) is 11.9. The van der Waals surface area contributed by atoms with Crippen molar-refractivity contribution in [1.82, 2.24) is 5.43 Å². The van der Waals surface area contributed by atoms with Crippen LogP contribution in [-0.4, -0.2) is 23.1 Å².